The van der Waals surface area contributed by atoms with Crippen molar-refractivity contribution in [2.24, 2.45) is 5.92 Å². The number of aliphatic hydroxyl groups excluding tert-OH is 1. The van der Waals surface area contributed by atoms with Gasteiger partial charge in [0.1, 0.15) is 5.78 Å². The van der Waals surface area contributed by atoms with Gasteiger partial charge in [0.15, 0.2) is 6.29 Å². The Kier molecular flexibility index (Phi) is 12.8. The van der Waals surface area contributed by atoms with Gasteiger partial charge in [-0.3, -0.25) is 14.9 Å². The summed E-state index contributed by atoms with van der Waals surface area (Å²) in [5.74, 6) is -0.327. The summed E-state index contributed by atoms with van der Waals surface area (Å²) in [5, 5.41) is 13.0. The first-order valence-electron chi connectivity index (χ1n) is 11.1. The van der Waals surface area contributed by atoms with E-state index in [4.69, 9.17) is 18.9 Å². The first-order valence-corrected chi connectivity index (χ1v) is 11.7. The number of hydrogen-bond donors (Lipinski definition) is 3. The topological polar surface area (TPSA) is 103 Å². The molecule has 1 heterocycles. The Morgan fingerprint density at radius 2 is 1.91 bits per heavy atom. The zero-order valence-corrected chi connectivity index (χ0v) is 19.5. The molecule has 9 heteroatoms. The number of benzene rings is 1. The fourth-order valence-corrected chi connectivity index (χ4v) is 3.84. The fraction of sp³-hybridized carbons (Fsp3) is 0.652. The normalized spacial score (nSPS) is 17.1. The molecular weight excluding hydrogens is 434 g/mol. The van der Waals surface area contributed by atoms with Crippen molar-refractivity contribution in [1.29, 1.82) is 0 Å². The number of methoxy groups -OCH3 is 1. The molecule has 0 saturated carbocycles. The summed E-state index contributed by atoms with van der Waals surface area (Å²) in [4.78, 5) is 24.9. The lowest BCUT2D eigenvalue weighted by atomic mass is 9.93. The zero-order valence-electron chi connectivity index (χ0n) is 18.6. The Bertz CT molecular complexity index is 670. The third-order valence-corrected chi connectivity index (χ3v) is 5.62. The fourth-order valence-electron chi connectivity index (χ4n) is 3.58. The van der Waals surface area contributed by atoms with Gasteiger partial charge in [-0.25, -0.2) is 0 Å². The van der Waals surface area contributed by atoms with Crippen LogP contribution in [0.5, 0.6) is 0 Å². The minimum Gasteiger partial charge on any atom is -0.469 e. The van der Waals surface area contributed by atoms with E-state index in [1.54, 1.807) is 0 Å². The molecule has 180 valence electrons. The molecule has 0 aromatic heterocycles. The van der Waals surface area contributed by atoms with E-state index in [9.17, 15) is 14.7 Å². The van der Waals surface area contributed by atoms with E-state index in [0.717, 1.165) is 12.0 Å². The molecule has 1 aliphatic rings. The van der Waals surface area contributed by atoms with Crippen LogP contribution in [0.3, 0.4) is 0 Å². The highest BCUT2D eigenvalue weighted by Crippen LogP contribution is 2.20. The first-order chi connectivity index (χ1) is 15.5. The van der Waals surface area contributed by atoms with Crippen LogP contribution >= 0.6 is 12.6 Å². The molecule has 2 N–H and O–H groups in total. The van der Waals surface area contributed by atoms with Gasteiger partial charge in [-0.15, -0.1) is 0 Å². The number of thiol groups is 1. The quantitative estimate of drug-likeness (QED) is 0.193. The molecule has 32 heavy (non-hydrogen) atoms. The molecule has 1 saturated heterocycles. The molecular formula is C23H35NO7S. The Labute approximate surface area is 195 Å². The maximum Gasteiger partial charge on any atom is 0.308 e. The van der Waals surface area contributed by atoms with Crippen molar-refractivity contribution >= 4 is 24.4 Å². The van der Waals surface area contributed by atoms with Crippen LogP contribution in [0.4, 0.5) is 0 Å². The van der Waals surface area contributed by atoms with Gasteiger partial charge in [0, 0.05) is 6.42 Å². The van der Waals surface area contributed by atoms with E-state index in [1.165, 1.54) is 7.11 Å². The van der Waals surface area contributed by atoms with Crippen LogP contribution in [-0.2, 0) is 35.1 Å². The van der Waals surface area contributed by atoms with Crippen molar-refractivity contribution in [2.45, 2.75) is 63.9 Å². The predicted molar refractivity (Wildman–Crippen MR) is 122 cm³/mol. The summed E-state index contributed by atoms with van der Waals surface area (Å²) in [5.41, 5.74) is 0.916. The molecule has 0 radical (unpaired) electrons. The Hall–Kier alpha value is -1.49. The average molecular weight is 470 g/mol. The largest absolute Gasteiger partial charge is 0.469 e. The summed E-state index contributed by atoms with van der Waals surface area (Å²) >= 11 is 4.22. The van der Waals surface area contributed by atoms with Crippen molar-refractivity contribution in [3.05, 3.63) is 35.9 Å². The van der Waals surface area contributed by atoms with Crippen LogP contribution in [0.25, 0.3) is 0 Å². The van der Waals surface area contributed by atoms with Crippen molar-refractivity contribution in [3.63, 3.8) is 0 Å². The monoisotopic (exact) mass is 469 g/mol. The highest BCUT2D eigenvalue weighted by atomic mass is 32.1. The molecule has 0 amide bonds. The molecule has 8 nitrogen and oxygen atoms in total. The average Bonchev–Trinajstić information content (AvgIpc) is 3.33. The van der Waals surface area contributed by atoms with Gasteiger partial charge >= 0.3 is 5.97 Å². The number of carbonyl (C=O) groups excluding carboxylic acids is 2. The maximum atomic E-state index is 12.8. The number of esters is 1. The van der Waals surface area contributed by atoms with E-state index >= 15 is 0 Å². The van der Waals surface area contributed by atoms with Crippen LogP contribution in [0.15, 0.2) is 30.3 Å². The third-order valence-electron chi connectivity index (χ3n) is 5.36. The smallest absolute Gasteiger partial charge is 0.308 e. The summed E-state index contributed by atoms with van der Waals surface area (Å²) in [7, 11) is 1.35. The number of nitrogens with one attached hydrogen (secondary N) is 1. The van der Waals surface area contributed by atoms with Gasteiger partial charge in [0.2, 0.25) is 6.41 Å². The van der Waals surface area contributed by atoms with Crippen LogP contribution < -0.4 is 5.32 Å². The summed E-state index contributed by atoms with van der Waals surface area (Å²) in [6, 6.07) is 8.84. The Balaban J connectivity index is 1.79. The molecule has 0 aliphatic carbocycles. The molecule has 0 bridgehead atoms. The number of ether oxygens (including phenoxy) is 4. The zero-order chi connectivity index (χ0) is 23.2. The van der Waals surface area contributed by atoms with Crippen LogP contribution in [-0.4, -0.2) is 61.7 Å². The number of Topliss-reactive ketones (excluding diaryl/α,β-unsaturated/α-hetero) is 1. The van der Waals surface area contributed by atoms with Gasteiger partial charge in [-0.2, -0.15) is 12.6 Å². The van der Waals surface area contributed by atoms with E-state index in [2.05, 4.69) is 17.9 Å². The number of hydrogen-bond acceptors (Lipinski definition) is 9. The lowest BCUT2D eigenvalue weighted by molar-refractivity contribution is -0.147. The number of carbonyl (C=O) groups is 2. The minimum atomic E-state index is -1.29. The second-order valence-electron chi connectivity index (χ2n) is 7.71. The SMILES string of the molecule is COC(=O)[C@H](CCCC1OCCO1)CCC(=O)[C@H](CCS)NC(O)OCc1ccccc1. The number of aliphatic hydroxyl groups is 1. The minimum absolute atomic E-state index is 0.0993. The van der Waals surface area contributed by atoms with Gasteiger partial charge in [0.05, 0.1) is 38.9 Å². The van der Waals surface area contributed by atoms with E-state index < -0.39 is 12.5 Å². The highest BCUT2D eigenvalue weighted by molar-refractivity contribution is 7.80. The lowest BCUT2D eigenvalue weighted by Gasteiger charge is -2.22. The van der Waals surface area contributed by atoms with Crippen molar-refractivity contribution in [1.82, 2.24) is 5.32 Å². The van der Waals surface area contributed by atoms with Gasteiger partial charge in [-0.05, 0) is 43.4 Å². The summed E-state index contributed by atoms with van der Waals surface area (Å²) in [6.07, 6.45) is 1.54. The van der Waals surface area contributed by atoms with Crippen LogP contribution in [0.2, 0.25) is 0 Å². The van der Waals surface area contributed by atoms with E-state index in [-0.39, 0.29) is 37.0 Å². The Morgan fingerprint density at radius 1 is 1.19 bits per heavy atom. The Morgan fingerprint density at radius 3 is 2.56 bits per heavy atom. The lowest BCUT2D eigenvalue weighted by Crippen LogP contribution is -2.45. The van der Waals surface area contributed by atoms with Crippen LogP contribution in [0.1, 0.15) is 44.1 Å². The molecule has 2 rings (SSSR count). The van der Waals surface area contributed by atoms with Gasteiger partial charge in [0.25, 0.3) is 0 Å². The highest BCUT2D eigenvalue weighted by Gasteiger charge is 2.25. The van der Waals surface area contributed by atoms with Gasteiger partial charge in [-0.1, -0.05) is 30.3 Å². The molecule has 1 aromatic rings. The summed E-state index contributed by atoms with van der Waals surface area (Å²) < 4.78 is 21.2. The molecule has 3 atom stereocenters. The van der Waals surface area contributed by atoms with E-state index in [0.29, 0.717) is 44.6 Å². The predicted octanol–water partition coefficient (Wildman–Crippen LogP) is 2.44. The van der Waals surface area contributed by atoms with E-state index in [1.807, 2.05) is 30.3 Å². The summed E-state index contributed by atoms with van der Waals surface area (Å²) in [6.45, 7) is 1.41. The molecule has 1 aliphatic heterocycles. The van der Waals surface area contributed by atoms with Crippen LogP contribution in [0, 0.1) is 5.92 Å². The van der Waals surface area contributed by atoms with Crippen molar-refractivity contribution < 1.29 is 33.6 Å². The molecule has 1 fully saturated rings. The third kappa shape index (κ3) is 9.97. The number of rotatable bonds is 16. The number of ketones is 1. The van der Waals surface area contributed by atoms with Gasteiger partial charge < -0.3 is 24.1 Å². The molecule has 0 spiro atoms. The van der Waals surface area contributed by atoms with Crippen molar-refractivity contribution in [2.75, 3.05) is 26.1 Å². The maximum absolute atomic E-state index is 12.8. The second-order valence-corrected chi connectivity index (χ2v) is 8.15. The standard InChI is InChI=1S/C23H35NO7S/c1-28-22(26)18(8-5-9-21-29-13-14-30-21)10-11-20(25)19(12-15-32)24-23(27)31-16-17-6-3-2-4-7-17/h2-4,6-7,18-19,21,23-24,27,32H,5,8-16H2,1H3/t18-,19+,23?/m1/s1. The first kappa shape index (κ1) is 26.8. The van der Waals surface area contributed by atoms with Crippen molar-refractivity contribution in [3.8, 4) is 0 Å². The molecule has 1 unspecified atom stereocenters. The second kappa shape index (κ2) is 15.4. The molecule has 1 aromatic carbocycles.